The summed E-state index contributed by atoms with van der Waals surface area (Å²) in [4.78, 5) is 30.8. The van der Waals surface area contributed by atoms with E-state index >= 15 is 0 Å². The minimum absolute atomic E-state index is 0.271. The molecule has 7 nitrogen and oxygen atoms in total. The van der Waals surface area contributed by atoms with Crippen molar-refractivity contribution in [2.75, 3.05) is 33.9 Å². The Kier molecular flexibility index (Phi) is 4.00. The van der Waals surface area contributed by atoms with E-state index in [4.69, 9.17) is 4.74 Å². The SMILES string of the molecule is CCOCC[N+]1=C(Br)N=C2C1C(=O)N(C)C(=O)N2C. The maximum absolute atomic E-state index is 12.2. The number of likely N-dealkylation sites (N-methyl/N-ethyl adjacent to an activating group) is 2. The van der Waals surface area contributed by atoms with Crippen LogP contribution in [0.25, 0.3) is 0 Å². The summed E-state index contributed by atoms with van der Waals surface area (Å²) in [5.74, 6) is 0.185. The van der Waals surface area contributed by atoms with E-state index in [0.717, 1.165) is 4.90 Å². The van der Waals surface area contributed by atoms with Gasteiger partial charge in [0.15, 0.2) is 0 Å². The van der Waals surface area contributed by atoms with Crippen molar-refractivity contribution in [3.05, 3.63) is 0 Å². The van der Waals surface area contributed by atoms with E-state index in [1.54, 1.807) is 11.6 Å². The summed E-state index contributed by atoms with van der Waals surface area (Å²) in [6, 6.07) is -0.922. The van der Waals surface area contributed by atoms with Crippen molar-refractivity contribution in [1.29, 1.82) is 0 Å². The van der Waals surface area contributed by atoms with Gasteiger partial charge in [0, 0.05) is 20.7 Å². The lowest BCUT2D eigenvalue weighted by molar-refractivity contribution is -0.535. The second-order valence-corrected chi connectivity index (χ2v) is 4.98. The van der Waals surface area contributed by atoms with E-state index in [9.17, 15) is 9.59 Å². The molecule has 104 valence electrons. The van der Waals surface area contributed by atoms with E-state index < -0.39 is 6.04 Å². The van der Waals surface area contributed by atoms with Crippen LogP contribution in [-0.4, -0.2) is 76.8 Å². The predicted molar refractivity (Wildman–Crippen MR) is 72.7 cm³/mol. The molecule has 2 rings (SSSR count). The van der Waals surface area contributed by atoms with Gasteiger partial charge in [0.05, 0.1) is 22.5 Å². The van der Waals surface area contributed by atoms with Crippen LogP contribution in [0, 0.1) is 0 Å². The summed E-state index contributed by atoms with van der Waals surface area (Å²) in [7, 11) is 3.09. The molecule has 8 heteroatoms. The smallest absolute Gasteiger partial charge is 0.364 e. The van der Waals surface area contributed by atoms with Crippen molar-refractivity contribution in [3.63, 3.8) is 0 Å². The first-order chi connectivity index (χ1) is 8.99. The Morgan fingerprint density at radius 2 is 2.05 bits per heavy atom. The zero-order valence-electron chi connectivity index (χ0n) is 11.1. The first kappa shape index (κ1) is 14.1. The molecule has 2 heterocycles. The number of carbonyl (C=O) groups is 2. The van der Waals surface area contributed by atoms with Gasteiger partial charge in [-0.1, -0.05) is 0 Å². The fourth-order valence-electron chi connectivity index (χ4n) is 2.10. The topological polar surface area (TPSA) is 65.2 Å². The Bertz CT molecular complexity index is 488. The Hall–Kier alpha value is -1.28. The molecular weight excluding hydrogens is 316 g/mol. The van der Waals surface area contributed by atoms with Crippen molar-refractivity contribution in [3.8, 4) is 0 Å². The van der Waals surface area contributed by atoms with Gasteiger partial charge in [-0.05, 0) is 11.9 Å². The maximum Gasteiger partial charge on any atom is 0.364 e. The predicted octanol–water partition coefficient (Wildman–Crippen LogP) is 0.0908. The molecule has 1 unspecified atom stereocenters. The summed E-state index contributed by atoms with van der Waals surface area (Å²) in [5, 5.41) is 0. The average molecular weight is 332 g/mol. The van der Waals surface area contributed by atoms with Gasteiger partial charge in [-0.25, -0.2) is 9.37 Å². The standard InChI is InChI=1S/C11H16BrN4O3/c1-4-19-6-5-16-7-8(13-10(16)12)14(2)11(18)15(3)9(7)17/h7H,4-6H2,1-3H3/q+1. The molecule has 0 bridgehead atoms. The van der Waals surface area contributed by atoms with Crippen LogP contribution < -0.4 is 0 Å². The number of fused-ring (bicyclic) bond motifs is 1. The molecule has 0 saturated carbocycles. The highest BCUT2D eigenvalue weighted by Gasteiger charge is 2.52. The summed E-state index contributed by atoms with van der Waals surface area (Å²) in [6.45, 7) is 3.57. The van der Waals surface area contributed by atoms with Crippen LogP contribution in [0.1, 0.15) is 6.92 Å². The third-order valence-electron chi connectivity index (χ3n) is 3.16. The Labute approximate surface area is 119 Å². The maximum atomic E-state index is 12.2. The molecule has 2 aliphatic rings. The van der Waals surface area contributed by atoms with E-state index in [1.165, 1.54) is 11.9 Å². The molecule has 3 amide bonds. The summed E-state index contributed by atoms with van der Waals surface area (Å²) < 4.78 is 7.65. The van der Waals surface area contributed by atoms with Crippen LogP contribution in [0.2, 0.25) is 0 Å². The minimum Gasteiger partial charge on any atom is -0.378 e. The lowest BCUT2D eigenvalue weighted by Crippen LogP contribution is -2.61. The molecule has 1 atom stereocenters. The van der Waals surface area contributed by atoms with Gasteiger partial charge >= 0.3 is 10.8 Å². The number of amidine groups is 2. The highest BCUT2D eigenvalue weighted by atomic mass is 79.9. The van der Waals surface area contributed by atoms with Crippen molar-refractivity contribution < 1.29 is 18.9 Å². The van der Waals surface area contributed by atoms with Gasteiger partial charge in [0.25, 0.3) is 17.8 Å². The number of halogens is 1. The first-order valence-electron chi connectivity index (χ1n) is 5.99. The monoisotopic (exact) mass is 331 g/mol. The zero-order chi connectivity index (χ0) is 14.2. The number of hydrogen-bond donors (Lipinski definition) is 0. The fraction of sp³-hybridized carbons (Fsp3) is 0.636. The van der Waals surface area contributed by atoms with E-state index in [2.05, 4.69) is 20.9 Å². The number of hydrogen-bond acceptors (Lipinski definition) is 4. The highest BCUT2D eigenvalue weighted by molar-refractivity contribution is 9.18. The summed E-state index contributed by atoms with van der Waals surface area (Å²) in [5.41, 5.74) is 0. The third kappa shape index (κ3) is 2.30. The number of imide groups is 1. The fourth-order valence-corrected chi connectivity index (χ4v) is 2.66. The molecule has 19 heavy (non-hydrogen) atoms. The molecular formula is C11H16BrN4O3+. The zero-order valence-corrected chi connectivity index (χ0v) is 12.7. The molecule has 0 radical (unpaired) electrons. The third-order valence-corrected chi connectivity index (χ3v) is 3.80. The van der Waals surface area contributed by atoms with Crippen molar-refractivity contribution in [2.24, 2.45) is 4.99 Å². The average Bonchev–Trinajstić information content (AvgIpc) is 2.72. The van der Waals surface area contributed by atoms with Gasteiger partial charge < -0.3 is 4.74 Å². The molecule has 1 fully saturated rings. The lowest BCUT2D eigenvalue weighted by atomic mass is 10.1. The largest absolute Gasteiger partial charge is 0.378 e. The summed E-state index contributed by atoms with van der Waals surface area (Å²) in [6.07, 6.45) is 0. The van der Waals surface area contributed by atoms with E-state index in [-0.39, 0.29) is 11.9 Å². The molecule has 0 aromatic heterocycles. The quantitative estimate of drug-likeness (QED) is 0.416. The van der Waals surface area contributed by atoms with Crippen LogP contribution in [0.5, 0.6) is 0 Å². The highest BCUT2D eigenvalue weighted by Crippen LogP contribution is 2.20. The van der Waals surface area contributed by atoms with Crippen molar-refractivity contribution >= 4 is 38.4 Å². The van der Waals surface area contributed by atoms with Crippen LogP contribution >= 0.6 is 15.9 Å². The molecule has 1 saturated heterocycles. The number of urea groups is 1. The van der Waals surface area contributed by atoms with Crippen LogP contribution in [0.15, 0.2) is 4.99 Å². The molecule has 0 N–H and O–H groups in total. The van der Waals surface area contributed by atoms with E-state index in [1.807, 2.05) is 6.92 Å². The number of ether oxygens (including phenoxy) is 1. The van der Waals surface area contributed by atoms with Gasteiger partial charge in [-0.3, -0.25) is 14.6 Å². The number of carbonyl (C=O) groups excluding carboxylic acids is 2. The second kappa shape index (κ2) is 5.38. The molecule has 0 spiro atoms. The molecule has 0 aromatic carbocycles. The molecule has 0 aromatic rings. The normalized spacial score (nSPS) is 23.2. The number of nitrogens with zero attached hydrogens (tertiary/aromatic N) is 4. The number of amides is 3. The Morgan fingerprint density at radius 3 is 2.68 bits per heavy atom. The number of rotatable bonds is 4. The van der Waals surface area contributed by atoms with Gasteiger partial charge in [-0.2, -0.15) is 0 Å². The Balaban J connectivity index is 2.24. The second-order valence-electron chi connectivity index (χ2n) is 4.27. The first-order valence-corrected chi connectivity index (χ1v) is 6.79. The van der Waals surface area contributed by atoms with Crippen molar-refractivity contribution in [2.45, 2.75) is 13.0 Å². The summed E-state index contributed by atoms with van der Waals surface area (Å²) >= 11 is 3.33. The van der Waals surface area contributed by atoms with Gasteiger partial charge in [0.2, 0.25) is 0 Å². The van der Waals surface area contributed by atoms with Gasteiger partial charge in [-0.15, -0.1) is 0 Å². The van der Waals surface area contributed by atoms with Crippen LogP contribution in [0.3, 0.4) is 0 Å². The number of aliphatic imine (C=N–C) groups is 1. The van der Waals surface area contributed by atoms with Crippen molar-refractivity contribution in [1.82, 2.24) is 9.80 Å². The minimum atomic E-state index is -0.553. The van der Waals surface area contributed by atoms with Crippen LogP contribution in [-0.2, 0) is 9.53 Å². The van der Waals surface area contributed by atoms with Gasteiger partial charge in [0.1, 0.15) is 6.54 Å². The molecule has 0 aliphatic carbocycles. The van der Waals surface area contributed by atoms with E-state index in [0.29, 0.717) is 30.3 Å². The molecule has 2 aliphatic heterocycles. The Morgan fingerprint density at radius 1 is 1.37 bits per heavy atom. The lowest BCUT2D eigenvalue weighted by Gasteiger charge is -2.30. The van der Waals surface area contributed by atoms with Crippen LogP contribution in [0.4, 0.5) is 4.79 Å².